The van der Waals surface area contributed by atoms with E-state index < -0.39 is 0 Å². The van der Waals surface area contributed by atoms with Crippen LogP contribution >= 0.6 is 0 Å². The van der Waals surface area contributed by atoms with Gasteiger partial charge < -0.3 is 0 Å². The van der Waals surface area contributed by atoms with E-state index in [2.05, 4.69) is 19.6 Å². The molecule has 0 saturated carbocycles. The van der Waals surface area contributed by atoms with Crippen molar-refractivity contribution in [2.75, 3.05) is 0 Å². The SMILES string of the molecule is C[SiH](C)C.c1ccccc1. The van der Waals surface area contributed by atoms with Crippen LogP contribution in [0.5, 0.6) is 0 Å². The van der Waals surface area contributed by atoms with E-state index in [9.17, 15) is 0 Å². The molecule has 0 bridgehead atoms. The van der Waals surface area contributed by atoms with Crippen LogP contribution in [0.25, 0.3) is 0 Å². The largest absolute Gasteiger partial charge is 0.0724 e. The van der Waals surface area contributed by atoms with Crippen LogP contribution in [0.15, 0.2) is 36.4 Å². The molecular formula is C9H16Si. The summed E-state index contributed by atoms with van der Waals surface area (Å²) in [5, 5.41) is 0. The van der Waals surface area contributed by atoms with Gasteiger partial charge in [-0.25, -0.2) is 0 Å². The van der Waals surface area contributed by atoms with Crippen molar-refractivity contribution in [2.45, 2.75) is 19.6 Å². The molecule has 0 spiro atoms. The number of hydrogen-bond donors (Lipinski definition) is 0. The van der Waals surface area contributed by atoms with E-state index in [1.807, 2.05) is 36.4 Å². The first-order chi connectivity index (χ1) is 4.73. The van der Waals surface area contributed by atoms with Crippen molar-refractivity contribution in [3.63, 3.8) is 0 Å². The fourth-order valence-corrected chi connectivity index (χ4v) is 0.385. The summed E-state index contributed by atoms with van der Waals surface area (Å²) in [7, 11) is -0.139. The topological polar surface area (TPSA) is 0 Å². The molecule has 56 valence electrons. The molecule has 0 unspecified atom stereocenters. The minimum atomic E-state index is -0.139. The average Bonchev–Trinajstić information content (AvgIpc) is 1.90. The highest BCUT2D eigenvalue weighted by molar-refractivity contribution is 6.54. The van der Waals surface area contributed by atoms with E-state index in [1.54, 1.807) is 0 Å². The summed E-state index contributed by atoms with van der Waals surface area (Å²) >= 11 is 0. The van der Waals surface area contributed by atoms with Gasteiger partial charge in [-0.15, -0.1) is 0 Å². The lowest BCUT2D eigenvalue weighted by atomic mass is 10.4. The molecule has 1 rings (SSSR count). The van der Waals surface area contributed by atoms with Gasteiger partial charge in [0.2, 0.25) is 0 Å². The Balaban J connectivity index is 0.000000180. The zero-order chi connectivity index (χ0) is 7.82. The Morgan fingerprint density at radius 3 is 0.800 bits per heavy atom. The predicted molar refractivity (Wildman–Crippen MR) is 51.2 cm³/mol. The molecule has 0 atom stereocenters. The Bertz CT molecular complexity index is 105. The van der Waals surface area contributed by atoms with Gasteiger partial charge in [0, 0.05) is 8.80 Å². The van der Waals surface area contributed by atoms with E-state index in [1.165, 1.54) is 0 Å². The van der Waals surface area contributed by atoms with Gasteiger partial charge in [0.15, 0.2) is 0 Å². The summed E-state index contributed by atoms with van der Waals surface area (Å²) < 4.78 is 0. The van der Waals surface area contributed by atoms with Gasteiger partial charge in [-0.05, 0) is 0 Å². The van der Waals surface area contributed by atoms with Crippen molar-refractivity contribution < 1.29 is 0 Å². The zero-order valence-corrected chi connectivity index (χ0v) is 8.20. The van der Waals surface area contributed by atoms with Gasteiger partial charge in [-0.1, -0.05) is 56.0 Å². The molecule has 1 aromatic carbocycles. The Morgan fingerprint density at radius 2 is 0.700 bits per heavy atom. The summed E-state index contributed by atoms with van der Waals surface area (Å²) in [4.78, 5) is 0. The van der Waals surface area contributed by atoms with Crippen molar-refractivity contribution in [3.8, 4) is 0 Å². The van der Waals surface area contributed by atoms with Gasteiger partial charge >= 0.3 is 0 Å². The first kappa shape index (κ1) is 9.44. The summed E-state index contributed by atoms with van der Waals surface area (Å²) in [6.45, 7) is 6.92. The molecule has 0 fully saturated rings. The fourth-order valence-electron chi connectivity index (χ4n) is 0.385. The lowest BCUT2D eigenvalue weighted by Crippen LogP contribution is -1.84. The lowest BCUT2D eigenvalue weighted by molar-refractivity contribution is 1.72. The fraction of sp³-hybridized carbons (Fsp3) is 0.333. The molecule has 1 aromatic rings. The Morgan fingerprint density at radius 1 is 0.600 bits per heavy atom. The van der Waals surface area contributed by atoms with Crippen LogP contribution in [0.2, 0.25) is 19.6 Å². The zero-order valence-electron chi connectivity index (χ0n) is 7.04. The molecule has 0 N–H and O–H groups in total. The molecule has 0 aromatic heterocycles. The highest BCUT2D eigenvalue weighted by Gasteiger charge is 1.71. The number of hydrogen-bond acceptors (Lipinski definition) is 0. The molecule has 0 saturated heterocycles. The highest BCUT2D eigenvalue weighted by Crippen LogP contribution is 1.79. The third-order valence-corrected chi connectivity index (χ3v) is 0.667. The van der Waals surface area contributed by atoms with Crippen LogP contribution in [-0.4, -0.2) is 8.80 Å². The highest BCUT2D eigenvalue weighted by atomic mass is 28.3. The summed E-state index contributed by atoms with van der Waals surface area (Å²) in [6.07, 6.45) is 0. The maximum atomic E-state index is 2.31. The molecule has 0 amide bonds. The van der Waals surface area contributed by atoms with Crippen LogP contribution in [0, 0.1) is 0 Å². The van der Waals surface area contributed by atoms with Crippen molar-refractivity contribution in [2.24, 2.45) is 0 Å². The predicted octanol–water partition coefficient (Wildman–Crippen LogP) is 2.79. The number of benzene rings is 1. The van der Waals surface area contributed by atoms with Crippen molar-refractivity contribution in [1.29, 1.82) is 0 Å². The molecule has 0 aliphatic heterocycles. The van der Waals surface area contributed by atoms with E-state index in [4.69, 9.17) is 0 Å². The van der Waals surface area contributed by atoms with Gasteiger partial charge in [0.05, 0.1) is 0 Å². The van der Waals surface area contributed by atoms with Gasteiger partial charge in [0.1, 0.15) is 0 Å². The van der Waals surface area contributed by atoms with E-state index in [0.717, 1.165) is 0 Å². The van der Waals surface area contributed by atoms with Gasteiger partial charge in [0.25, 0.3) is 0 Å². The van der Waals surface area contributed by atoms with E-state index in [-0.39, 0.29) is 8.80 Å². The normalized spacial score (nSPS) is 8.40. The molecule has 0 heterocycles. The first-order valence-corrected chi connectivity index (χ1v) is 7.20. The summed E-state index contributed by atoms with van der Waals surface area (Å²) in [6, 6.07) is 12.0. The van der Waals surface area contributed by atoms with Gasteiger partial charge in [-0.3, -0.25) is 0 Å². The maximum Gasteiger partial charge on any atom is 0.0274 e. The van der Waals surface area contributed by atoms with Crippen LogP contribution < -0.4 is 0 Å². The smallest absolute Gasteiger partial charge is 0.0274 e. The molecule has 0 aliphatic carbocycles. The molecule has 0 radical (unpaired) electrons. The lowest BCUT2D eigenvalue weighted by Gasteiger charge is -1.75. The minimum absolute atomic E-state index is 0.139. The standard InChI is InChI=1S/C6H6.C3H10Si/c1-2-4-6-5-3-1;1-4(2)3/h1-6H;4H,1-3H3. The molecule has 10 heavy (non-hydrogen) atoms. The molecular weight excluding hydrogens is 136 g/mol. The first-order valence-electron chi connectivity index (χ1n) is 3.73. The average molecular weight is 152 g/mol. The van der Waals surface area contributed by atoms with Crippen molar-refractivity contribution in [1.82, 2.24) is 0 Å². The molecule has 1 heteroatoms. The maximum absolute atomic E-state index is 2.31. The van der Waals surface area contributed by atoms with Gasteiger partial charge in [-0.2, -0.15) is 0 Å². The monoisotopic (exact) mass is 152 g/mol. The third-order valence-electron chi connectivity index (χ3n) is 0.667. The number of rotatable bonds is 0. The van der Waals surface area contributed by atoms with Crippen molar-refractivity contribution in [3.05, 3.63) is 36.4 Å². The van der Waals surface area contributed by atoms with Crippen LogP contribution in [0.1, 0.15) is 0 Å². The Labute approximate surface area is 65.5 Å². The van der Waals surface area contributed by atoms with Crippen LogP contribution in [0.4, 0.5) is 0 Å². The Kier molecular flexibility index (Phi) is 6.19. The summed E-state index contributed by atoms with van der Waals surface area (Å²) in [5.74, 6) is 0. The molecule has 0 aliphatic rings. The Hall–Kier alpha value is -0.563. The van der Waals surface area contributed by atoms with Crippen LogP contribution in [0.3, 0.4) is 0 Å². The minimum Gasteiger partial charge on any atom is -0.0724 e. The summed E-state index contributed by atoms with van der Waals surface area (Å²) in [5.41, 5.74) is 0. The van der Waals surface area contributed by atoms with Crippen molar-refractivity contribution >= 4 is 8.80 Å². The van der Waals surface area contributed by atoms with Crippen LogP contribution in [-0.2, 0) is 0 Å². The quantitative estimate of drug-likeness (QED) is 0.501. The van der Waals surface area contributed by atoms with E-state index >= 15 is 0 Å². The second-order valence-electron chi connectivity index (χ2n) is 2.89. The third kappa shape index (κ3) is 10.4. The van der Waals surface area contributed by atoms with E-state index in [0.29, 0.717) is 0 Å². The second-order valence-corrected chi connectivity index (χ2v) is 6.35. The molecule has 0 nitrogen and oxygen atoms in total. The second kappa shape index (κ2) is 6.56.